The van der Waals surface area contributed by atoms with Crippen molar-refractivity contribution in [1.29, 1.82) is 0 Å². The molecule has 242 valence electrons. The van der Waals surface area contributed by atoms with Crippen LogP contribution in [0.1, 0.15) is 58.8 Å². The van der Waals surface area contributed by atoms with E-state index in [2.05, 4.69) is 37.4 Å². The van der Waals surface area contributed by atoms with E-state index in [0.29, 0.717) is 42.0 Å². The van der Waals surface area contributed by atoms with Crippen LogP contribution in [0.4, 0.5) is 11.4 Å². The van der Waals surface area contributed by atoms with Gasteiger partial charge in [0.05, 0.1) is 31.5 Å². The maximum atomic E-state index is 14.0. The second kappa shape index (κ2) is 14.3. The Morgan fingerprint density at radius 2 is 1.83 bits per heavy atom. The summed E-state index contributed by atoms with van der Waals surface area (Å²) in [4.78, 5) is 29.7. The molecule has 0 spiro atoms. The van der Waals surface area contributed by atoms with Crippen molar-refractivity contribution >= 4 is 28.8 Å². The summed E-state index contributed by atoms with van der Waals surface area (Å²) in [6, 6.07) is 13.6. The Labute approximate surface area is 271 Å². The first-order valence-electron chi connectivity index (χ1n) is 16.2. The molecule has 10 heteroatoms. The Morgan fingerprint density at radius 3 is 2.46 bits per heavy atom. The minimum atomic E-state index is -0.575. The molecule has 1 fully saturated rings. The van der Waals surface area contributed by atoms with Gasteiger partial charge in [-0.05, 0) is 87.8 Å². The zero-order chi connectivity index (χ0) is 33.0. The molecule has 2 unspecified atom stereocenters. The lowest BCUT2D eigenvalue weighted by Crippen LogP contribution is -2.37. The minimum absolute atomic E-state index is 0.0724. The van der Waals surface area contributed by atoms with Gasteiger partial charge in [0.15, 0.2) is 17.5 Å². The number of aromatic nitrogens is 3. The lowest BCUT2D eigenvalue weighted by Gasteiger charge is -2.37. The summed E-state index contributed by atoms with van der Waals surface area (Å²) in [7, 11) is 1.60. The molecular weight excluding hydrogens is 580 g/mol. The number of carbonyl (C=O) groups excluding carboxylic acids is 1. The Hall–Kier alpha value is -4.49. The third kappa shape index (κ3) is 6.70. The van der Waals surface area contributed by atoms with Gasteiger partial charge in [0.1, 0.15) is 17.4 Å². The smallest absolute Gasteiger partial charge is 0.331 e. The number of anilines is 1. The Bertz CT molecular complexity index is 1660. The van der Waals surface area contributed by atoms with Crippen molar-refractivity contribution in [2.45, 2.75) is 60.5 Å². The van der Waals surface area contributed by atoms with Crippen LogP contribution >= 0.6 is 0 Å². The molecule has 0 bridgehead atoms. The third-order valence-corrected chi connectivity index (χ3v) is 8.85. The number of hydrogen-bond donors (Lipinski definition) is 0. The number of hydrogen-bond acceptors (Lipinski definition) is 8. The van der Waals surface area contributed by atoms with Gasteiger partial charge in [-0.25, -0.2) is 24.3 Å². The van der Waals surface area contributed by atoms with Crippen LogP contribution in [0, 0.1) is 31.2 Å². The van der Waals surface area contributed by atoms with E-state index in [1.165, 1.54) is 4.68 Å². The molecule has 10 nitrogen and oxygen atoms in total. The fourth-order valence-electron chi connectivity index (χ4n) is 6.70. The lowest BCUT2D eigenvalue weighted by atomic mass is 9.75. The van der Waals surface area contributed by atoms with Crippen LogP contribution < -0.4 is 9.64 Å². The third-order valence-electron chi connectivity index (χ3n) is 8.85. The van der Waals surface area contributed by atoms with Gasteiger partial charge >= 0.3 is 5.97 Å². The van der Waals surface area contributed by atoms with Gasteiger partial charge in [0, 0.05) is 25.4 Å². The molecule has 2 heterocycles. The molecule has 5 rings (SSSR count). The highest BCUT2D eigenvalue weighted by molar-refractivity contribution is 6.29. The number of aryl methyl sites for hydroxylation is 1. The zero-order valence-electron chi connectivity index (χ0n) is 27.9. The van der Waals surface area contributed by atoms with Crippen LogP contribution in [0.15, 0.2) is 53.2 Å². The van der Waals surface area contributed by atoms with Crippen LogP contribution in [-0.4, -0.2) is 66.1 Å². The van der Waals surface area contributed by atoms with Crippen molar-refractivity contribution in [2.24, 2.45) is 22.7 Å². The number of ether oxygens (including phenoxy) is 3. The van der Waals surface area contributed by atoms with Gasteiger partial charge in [-0.3, -0.25) is 0 Å². The molecular formula is C36H44N6O4. The molecule has 0 saturated heterocycles. The zero-order valence-corrected chi connectivity index (χ0v) is 27.9. The molecule has 0 N–H and O–H groups in total. The number of carbonyl (C=O) groups is 1. The monoisotopic (exact) mass is 624 g/mol. The van der Waals surface area contributed by atoms with Crippen LogP contribution in [0.25, 0.3) is 21.8 Å². The first-order valence-corrected chi connectivity index (χ1v) is 16.2. The van der Waals surface area contributed by atoms with Gasteiger partial charge in [0.2, 0.25) is 5.70 Å². The molecule has 0 radical (unpaired) electrons. The number of nitrogens with zero attached hydrogens (tertiary/aromatic N) is 6. The standard InChI is InChI=1S/C36H44N6O4/c1-9-41(17-18-45-10-2)27-14-12-26(13-15-27)38-35-31(37-7)30(36(43)46-32-24(5)19-23(4)20-25(32)6)34-39-33(40-42(34)35)28-21-22(3)11-16-29(28)44-8/h11-16,21,23-25,32H,9-10,17-20H2,1-6,8H3/b38-35+. The summed E-state index contributed by atoms with van der Waals surface area (Å²) < 4.78 is 18.8. The topological polar surface area (TPSA) is 95.4 Å². The van der Waals surface area contributed by atoms with E-state index < -0.39 is 5.97 Å². The summed E-state index contributed by atoms with van der Waals surface area (Å²) in [6.07, 6.45) is 1.71. The number of allylic oxidation sites excluding steroid dienone is 1. The van der Waals surface area contributed by atoms with Crippen molar-refractivity contribution < 1.29 is 19.0 Å². The van der Waals surface area contributed by atoms with Crippen LogP contribution in [-0.2, 0) is 14.3 Å². The number of likely N-dealkylation sites (N-methyl/N-ethyl adjacent to an activating group) is 1. The van der Waals surface area contributed by atoms with E-state index >= 15 is 0 Å². The largest absolute Gasteiger partial charge is 0.496 e. The van der Waals surface area contributed by atoms with E-state index in [1.807, 2.05) is 56.3 Å². The fraction of sp³-hybridized carbons (Fsp3) is 0.472. The van der Waals surface area contributed by atoms with Crippen molar-refractivity contribution in [3.63, 3.8) is 0 Å². The van der Waals surface area contributed by atoms with E-state index in [-0.39, 0.29) is 40.9 Å². The second-order valence-electron chi connectivity index (χ2n) is 12.3. The van der Waals surface area contributed by atoms with Gasteiger partial charge in [-0.2, -0.15) is 0 Å². The number of aliphatic imine (C=N–C) groups is 1. The van der Waals surface area contributed by atoms with E-state index in [4.69, 9.17) is 35.9 Å². The molecule has 3 aromatic rings. The van der Waals surface area contributed by atoms with Crippen molar-refractivity contribution in [3.05, 3.63) is 71.0 Å². The van der Waals surface area contributed by atoms with E-state index in [9.17, 15) is 4.79 Å². The highest BCUT2D eigenvalue weighted by Gasteiger charge is 2.41. The van der Waals surface area contributed by atoms with Crippen molar-refractivity contribution in [3.8, 4) is 17.1 Å². The molecule has 0 amide bonds. The molecule has 46 heavy (non-hydrogen) atoms. The van der Waals surface area contributed by atoms with Gasteiger partial charge in [-0.1, -0.05) is 32.4 Å². The normalized spacial score (nSPS) is 21.7. The van der Waals surface area contributed by atoms with E-state index in [0.717, 1.165) is 37.2 Å². The quantitative estimate of drug-likeness (QED) is 0.129. The van der Waals surface area contributed by atoms with Crippen LogP contribution in [0.5, 0.6) is 5.75 Å². The Balaban J connectivity index is 1.57. The molecule has 1 aliphatic heterocycles. The summed E-state index contributed by atoms with van der Waals surface area (Å²) in [5.41, 5.74) is 3.51. The summed E-state index contributed by atoms with van der Waals surface area (Å²) in [6.45, 7) is 23.6. The number of esters is 1. The average molecular weight is 625 g/mol. The molecule has 1 aromatic heterocycles. The first kappa shape index (κ1) is 32.9. The van der Waals surface area contributed by atoms with Gasteiger partial charge < -0.3 is 19.1 Å². The Kier molecular flexibility index (Phi) is 10.2. The average Bonchev–Trinajstić information content (AvgIpc) is 3.59. The molecule has 2 aromatic carbocycles. The minimum Gasteiger partial charge on any atom is -0.496 e. The number of rotatable bonds is 11. The van der Waals surface area contributed by atoms with Gasteiger partial charge in [0.25, 0.3) is 0 Å². The van der Waals surface area contributed by atoms with Crippen molar-refractivity contribution in [2.75, 3.05) is 38.3 Å². The molecule has 2 atom stereocenters. The highest BCUT2D eigenvalue weighted by atomic mass is 16.5. The number of benzene rings is 2. The summed E-state index contributed by atoms with van der Waals surface area (Å²) in [5.74, 6) is 1.84. The highest BCUT2D eigenvalue weighted by Crippen LogP contribution is 2.39. The van der Waals surface area contributed by atoms with Gasteiger partial charge in [-0.15, -0.1) is 5.10 Å². The molecule has 1 aliphatic carbocycles. The number of fused-ring (bicyclic) bond motifs is 1. The van der Waals surface area contributed by atoms with Crippen LogP contribution in [0.3, 0.4) is 0 Å². The Morgan fingerprint density at radius 1 is 1.11 bits per heavy atom. The fourth-order valence-corrected chi connectivity index (χ4v) is 6.70. The maximum absolute atomic E-state index is 14.0. The van der Waals surface area contributed by atoms with Crippen LogP contribution in [0.2, 0.25) is 0 Å². The first-order chi connectivity index (χ1) is 22.2. The SMILES string of the molecule is [C-]#[N+]C1=C(C(=O)OC2C(C)CC(C)CC2C)c2nc(-c3cc(C)ccc3OC)nn2/C1=N/c1ccc(N(CC)CCOCC)cc1. The summed E-state index contributed by atoms with van der Waals surface area (Å²) in [5, 5.41) is 4.79. The predicted molar refractivity (Wildman–Crippen MR) is 180 cm³/mol. The van der Waals surface area contributed by atoms with E-state index in [1.54, 1.807) is 7.11 Å². The molecule has 1 saturated carbocycles. The maximum Gasteiger partial charge on any atom is 0.331 e. The van der Waals surface area contributed by atoms with Crippen molar-refractivity contribution in [1.82, 2.24) is 14.8 Å². The summed E-state index contributed by atoms with van der Waals surface area (Å²) >= 11 is 0. The second-order valence-corrected chi connectivity index (χ2v) is 12.3. The lowest BCUT2D eigenvalue weighted by molar-refractivity contribution is -0.150. The predicted octanol–water partition coefficient (Wildman–Crippen LogP) is 6.96. The molecule has 2 aliphatic rings. The number of methoxy groups -OCH3 is 1.